The number of halogens is 2. The molecule has 0 bridgehead atoms. The highest BCUT2D eigenvalue weighted by Gasteiger charge is 2.25. The second-order valence-corrected chi connectivity index (χ2v) is 10.1. The minimum atomic E-state index is -0.408. The van der Waals surface area contributed by atoms with Crippen molar-refractivity contribution in [1.29, 1.82) is 0 Å². The van der Waals surface area contributed by atoms with Gasteiger partial charge in [-0.25, -0.2) is 19.3 Å². The van der Waals surface area contributed by atoms with E-state index in [1.165, 1.54) is 6.07 Å². The van der Waals surface area contributed by atoms with Gasteiger partial charge in [0.05, 0.1) is 24.9 Å². The number of rotatable bonds is 8. The normalized spacial score (nSPS) is 17.7. The lowest BCUT2D eigenvalue weighted by molar-refractivity contribution is -0.0592. The molecule has 1 unspecified atom stereocenters. The number of hydrogen-bond acceptors (Lipinski definition) is 8. The summed E-state index contributed by atoms with van der Waals surface area (Å²) in [6.45, 7) is 3.53. The summed E-state index contributed by atoms with van der Waals surface area (Å²) >= 11 is 5.85. The summed E-state index contributed by atoms with van der Waals surface area (Å²) in [6.07, 6.45) is 3.54. The summed E-state index contributed by atoms with van der Waals surface area (Å²) in [5, 5.41) is 12.5. The molecular weight excluding hydrogens is 525 g/mol. The third-order valence-corrected chi connectivity index (χ3v) is 7.35. The molecule has 0 amide bonds. The molecule has 1 saturated heterocycles. The van der Waals surface area contributed by atoms with Crippen LogP contribution in [0.5, 0.6) is 5.88 Å². The van der Waals surface area contributed by atoms with Crippen LogP contribution < -0.4 is 10.5 Å². The molecular formula is C27H27ClFN7O3. The number of fused-ring (bicyclic) bond motifs is 2. The summed E-state index contributed by atoms with van der Waals surface area (Å²) in [7, 11) is 0. The second-order valence-electron chi connectivity index (χ2n) is 9.71. The van der Waals surface area contributed by atoms with Crippen molar-refractivity contribution in [3.05, 3.63) is 81.6 Å². The van der Waals surface area contributed by atoms with E-state index in [4.69, 9.17) is 42.0 Å². The first-order valence-corrected chi connectivity index (χ1v) is 13.1. The van der Waals surface area contributed by atoms with Crippen LogP contribution in [-0.2, 0) is 37.4 Å². The van der Waals surface area contributed by atoms with Gasteiger partial charge in [-0.15, -0.1) is 0 Å². The SMILES string of the molecule is NC(=NO)c1cnc2c(c1)nc(CN1CCc3ccc(OCc4ccc(Cl)cc4F)nc3C1)n2CC1CCO1. The van der Waals surface area contributed by atoms with E-state index in [0.717, 1.165) is 48.7 Å². The van der Waals surface area contributed by atoms with Gasteiger partial charge >= 0.3 is 0 Å². The van der Waals surface area contributed by atoms with Gasteiger partial charge in [-0.05, 0) is 36.6 Å². The summed E-state index contributed by atoms with van der Waals surface area (Å²) in [5.41, 5.74) is 10.2. The van der Waals surface area contributed by atoms with E-state index in [2.05, 4.69) is 19.6 Å². The van der Waals surface area contributed by atoms with Crippen LogP contribution in [0.15, 0.2) is 47.8 Å². The van der Waals surface area contributed by atoms with E-state index in [9.17, 15) is 4.39 Å². The Morgan fingerprint density at radius 1 is 1.26 bits per heavy atom. The summed E-state index contributed by atoms with van der Waals surface area (Å²) in [6, 6.07) is 10.1. The molecule has 3 aromatic heterocycles. The number of hydrogen-bond donors (Lipinski definition) is 2. The van der Waals surface area contributed by atoms with Crippen LogP contribution in [0.1, 0.15) is 34.6 Å². The molecule has 10 nitrogen and oxygen atoms in total. The molecule has 0 radical (unpaired) electrons. The number of aromatic nitrogens is 4. The Balaban J connectivity index is 1.20. The highest BCUT2D eigenvalue weighted by atomic mass is 35.5. The van der Waals surface area contributed by atoms with Crippen LogP contribution in [0.2, 0.25) is 5.02 Å². The first kappa shape index (κ1) is 25.5. The highest BCUT2D eigenvalue weighted by Crippen LogP contribution is 2.25. The van der Waals surface area contributed by atoms with Gasteiger partial charge in [-0.3, -0.25) is 4.90 Å². The summed E-state index contributed by atoms with van der Waals surface area (Å²) in [4.78, 5) is 16.4. The highest BCUT2D eigenvalue weighted by molar-refractivity contribution is 6.30. The van der Waals surface area contributed by atoms with E-state index >= 15 is 0 Å². The number of benzene rings is 1. The standard InChI is InChI=1S/C27H27ClFN7O3/c28-19-3-1-17(21(29)10-19)15-39-25-4-2-16-5-7-35(13-23(16)33-25)14-24-32-22-9-18(26(30)34-37)11-31-27(22)36(24)12-20-6-8-38-20/h1-4,9-11,20,37H,5-8,12-15H2,(H2,30,34). The van der Waals surface area contributed by atoms with E-state index in [1.54, 1.807) is 24.4 Å². The molecule has 0 spiro atoms. The first-order valence-electron chi connectivity index (χ1n) is 12.7. The number of oxime groups is 1. The van der Waals surface area contributed by atoms with E-state index in [1.807, 2.05) is 12.1 Å². The van der Waals surface area contributed by atoms with Gasteiger partial charge in [-0.2, -0.15) is 0 Å². The van der Waals surface area contributed by atoms with Gasteiger partial charge in [0.2, 0.25) is 5.88 Å². The van der Waals surface area contributed by atoms with E-state index in [0.29, 0.717) is 47.2 Å². The van der Waals surface area contributed by atoms with Gasteiger partial charge in [-0.1, -0.05) is 28.9 Å². The van der Waals surface area contributed by atoms with Crippen molar-refractivity contribution in [3.63, 3.8) is 0 Å². The number of ether oxygens (including phenoxy) is 2. The number of amidine groups is 1. The average Bonchev–Trinajstić information content (AvgIpc) is 3.25. The molecule has 1 atom stereocenters. The molecule has 0 saturated carbocycles. The fourth-order valence-corrected chi connectivity index (χ4v) is 5.01. The van der Waals surface area contributed by atoms with Crippen molar-refractivity contribution >= 4 is 28.6 Å². The molecule has 202 valence electrons. The zero-order valence-electron chi connectivity index (χ0n) is 21.1. The van der Waals surface area contributed by atoms with Crippen LogP contribution in [-0.4, -0.2) is 54.7 Å². The third kappa shape index (κ3) is 5.38. The largest absolute Gasteiger partial charge is 0.473 e. The van der Waals surface area contributed by atoms with E-state index < -0.39 is 5.82 Å². The fraction of sp³-hybridized carbons (Fsp3) is 0.333. The fourth-order valence-electron chi connectivity index (χ4n) is 4.85. The lowest BCUT2D eigenvalue weighted by Gasteiger charge is -2.30. The summed E-state index contributed by atoms with van der Waals surface area (Å²) in [5.74, 6) is 0.881. The molecule has 1 aromatic carbocycles. The first-order chi connectivity index (χ1) is 19.0. The molecule has 39 heavy (non-hydrogen) atoms. The topological polar surface area (TPSA) is 124 Å². The number of pyridine rings is 2. The Hall–Kier alpha value is -3.80. The van der Waals surface area contributed by atoms with Crippen molar-refractivity contribution < 1.29 is 19.1 Å². The maximum Gasteiger partial charge on any atom is 0.213 e. The zero-order valence-corrected chi connectivity index (χ0v) is 21.8. The molecule has 1 fully saturated rings. The minimum Gasteiger partial charge on any atom is -0.473 e. The zero-order chi connectivity index (χ0) is 26.9. The van der Waals surface area contributed by atoms with Crippen molar-refractivity contribution in [2.24, 2.45) is 10.9 Å². The molecule has 6 rings (SSSR count). The molecule has 2 aliphatic rings. The smallest absolute Gasteiger partial charge is 0.213 e. The Morgan fingerprint density at radius 3 is 2.90 bits per heavy atom. The predicted octanol–water partition coefficient (Wildman–Crippen LogP) is 3.64. The minimum absolute atomic E-state index is 0.0154. The monoisotopic (exact) mass is 551 g/mol. The number of imidazole rings is 1. The van der Waals surface area contributed by atoms with Crippen molar-refractivity contribution in [1.82, 2.24) is 24.4 Å². The molecule has 5 heterocycles. The van der Waals surface area contributed by atoms with Gasteiger partial charge in [0.25, 0.3) is 0 Å². The van der Waals surface area contributed by atoms with Crippen LogP contribution in [0.4, 0.5) is 4.39 Å². The van der Waals surface area contributed by atoms with Crippen molar-refractivity contribution in [2.75, 3.05) is 13.2 Å². The quantitative estimate of drug-likeness (QED) is 0.147. The molecule has 2 aliphatic heterocycles. The Morgan fingerprint density at radius 2 is 2.13 bits per heavy atom. The van der Waals surface area contributed by atoms with E-state index in [-0.39, 0.29) is 18.5 Å². The van der Waals surface area contributed by atoms with Gasteiger partial charge < -0.3 is 25.0 Å². The molecule has 12 heteroatoms. The third-order valence-electron chi connectivity index (χ3n) is 7.12. The van der Waals surface area contributed by atoms with Crippen molar-refractivity contribution in [3.8, 4) is 5.88 Å². The number of nitrogens with zero attached hydrogens (tertiary/aromatic N) is 6. The Labute approximate surface area is 228 Å². The number of nitrogens with two attached hydrogens (primary N) is 1. The Bertz CT molecular complexity index is 1560. The summed E-state index contributed by atoms with van der Waals surface area (Å²) < 4.78 is 27.7. The lowest BCUT2D eigenvalue weighted by atomic mass is 10.1. The van der Waals surface area contributed by atoms with Crippen molar-refractivity contribution in [2.45, 2.75) is 45.2 Å². The predicted molar refractivity (Wildman–Crippen MR) is 142 cm³/mol. The van der Waals surface area contributed by atoms with Crippen LogP contribution in [0, 0.1) is 5.82 Å². The van der Waals surface area contributed by atoms with Gasteiger partial charge in [0.1, 0.15) is 23.8 Å². The van der Waals surface area contributed by atoms with Gasteiger partial charge in [0, 0.05) is 48.1 Å². The average molecular weight is 552 g/mol. The maximum absolute atomic E-state index is 14.1. The maximum atomic E-state index is 14.1. The Kier molecular flexibility index (Phi) is 7.03. The van der Waals surface area contributed by atoms with Crippen LogP contribution in [0.3, 0.4) is 0 Å². The van der Waals surface area contributed by atoms with Gasteiger partial charge in [0.15, 0.2) is 11.5 Å². The van der Waals surface area contributed by atoms with Crippen LogP contribution >= 0.6 is 11.6 Å². The lowest BCUT2D eigenvalue weighted by Crippen LogP contribution is -2.34. The van der Waals surface area contributed by atoms with Crippen LogP contribution in [0.25, 0.3) is 11.2 Å². The molecule has 4 aromatic rings. The second kappa shape index (κ2) is 10.8. The molecule has 3 N–H and O–H groups in total. The molecule has 0 aliphatic carbocycles.